The molecule has 0 spiro atoms. The third-order valence-electron chi connectivity index (χ3n) is 2.48. The predicted molar refractivity (Wildman–Crippen MR) is 50.0 cm³/mol. The molecule has 4 atom stereocenters. The molecule has 2 heterocycles. The van der Waals surface area contributed by atoms with Gasteiger partial charge in [0.1, 0.15) is 24.6 Å². The minimum absolute atomic E-state index is 0.442. The predicted octanol–water partition coefficient (Wildman–Crippen LogP) is -2.41. The van der Waals surface area contributed by atoms with Crippen molar-refractivity contribution < 1.29 is 30.0 Å². The first-order valence-electron chi connectivity index (χ1n) is 4.81. The molecule has 0 amide bonds. The van der Waals surface area contributed by atoms with E-state index in [0.717, 1.165) is 11.0 Å². The summed E-state index contributed by atoms with van der Waals surface area (Å²) in [5.74, 6) is -1.75. The van der Waals surface area contributed by atoms with Crippen molar-refractivity contribution in [2.75, 3.05) is 6.61 Å². The van der Waals surface area contributed by atoms with Gasteiger partial charge in [-0.3, -0.25) is 0 Å². The van der Waals surface area contributed by atoms with Crippen molar-refractivity contribution in [1.82, 2.24) is 14.8 Å². The molecule has 0 radical (unpaired) electrons. The van der Waals surface area contributed by atoms with Crippen LogP contribution in [-0.2, 0) is 4.74 Å². The average Bonchev–Trinajstić information content (AvgIpc) is 2.87. The Hall–Kier alpha value is -1.55. The zero-order chi connectivity index (χ0) is 12.6. The lowest BCUT2D eigenvalue weighted by molar-refractivity contribution is -0.0589. The van der Waals surface area contributed by atoms with Gasteiger partial charge in [-0.25, -0.2) is 14.5 Å². The quantitative estimate of drug-likeness (QED) is 0.462. The number of hydrogen-bond acceptors (Lipinski definition) is 7. The van der Waals surface area contributed by atoms with Crippen molar-refractivity contribution in [1.29, 1.82) is 0 Å². The van der Waals surface area contributed by atoms with E-state index >= 15 is 0 Å². The van der Waals surface area contributed by atoms with E-state index in [9.17, 15) is 15.0 Å². The van der Waals surface area contributed by atoms with Crippen LogP contribution in [0.3, 0.4) is 0 Å². The van der Waals surface area contributed by atoms with E-state index in [1.165, 1.54) is 0 Å². The van der Waals surface area contributed by atoms with Gasteiger partial charge in [-0.15, -0.1) is 5.10 Å². The van der Waals surface area contributed by atoms with Crippen LogP contribution in [0.2, 0.25) is 0 Å². The first-order chi connectivity index (χ1) is 8.04. The van der Waals surface area contributed by atoms with E-state index in [4.69, 9.17) is 14.9 Å². The number of carboxylic acid groups (broad SMARTS) is 1. The molecule has 1 aromatic rings. The SMILES string of the molecule is O=C(O)c1ncn([C@@H]2O[C@H](CO)[C@@H](O)[C@H]2O)n1. The molecule has 1 aromatic heterocycles. The van der Waals surface area contributed by atoms with Gasteiger partial charge in [0.2, 0.25) is 0 Å². The summed E-state index contributed by atoms with van der Waals surface area (Å²) in [5, 5.41) is 40.2. The molecule has 0 saturated carbocycles. The van der Waals surface area contributed by atoms with Gasteiger partial charge in [0.25, 0.3) is 5.82 Å². The van der Waals surface area contributed by atoms with Crippen LogP contribution < -0.4 is 0 Å². The molecule has 0 unspecified atom stereocenters. The maximum absolute atomic E-state index is 10.6. The number of carboxylic acids is 1. The molecular weight excluding hydrogens is 234 g/mol. The normalized spacial score (nSPS) is 32.9. The fourth-order valence-electron chi connectivity index (χ4n) is 1.59. The van der Waals surface area contributed by atoms with Crippen LogP contribution in [0.1, 0.15) is 16.8 Å². The molecule has 1 fully saturated rings. The van der Waals surface area contributed by atoms with E-state index in [1.807, 2.05) is 0 Å². The number of hydrogen-bond donors (Lipinski definition) is 4. The van der Waals surface area contributed by atoms with Crippen LogP contribution >= 0.6 is 0 Å². The summed E-state index contributed by atoms with van der Waals surface area (Å²) >= 11 is 0. The average molecular weight is 245 g/mol. The van der Waals surface area contributed by atoms with Crippen LogP contribution in [-0.4, -0.2) is 66.1 Å². The van der Waals surface area contributed by atoms with Gasteiger partial charge in [-0.1, -0.05) is 0 Å². The van der Waals surface area contributed by atoms with Gasteiger partial charge in [0.05, 0.1) is 6.61 Å². The maximum Gasteiger partial charge on any atom is 0.375 e. The Kier molecular flexibility index (Phi) is 3.07. The van der Waals surface area contributed by atoms with Gasteiger partial charge in [0, 0.05) is 0 Å². The third-order valence-corrected chi connectivity index (χ3v) is 2.48. The summed E-state index contributed by atoms with van der Waals surface area (Å²) in [6, 6.07) is 0. The van der Waals surface area contributed by atoms with Crippen LogP contribution in [0.25, 0.3) is 0 Å². The first kappa shape index (κ1) is 11.9. The minimum Gasteiger partial charge on any atom is -0.475 e. The molecule has 9 nitrogen and oxygen atoms in total. The van der Waals surface area contributed by atoms with E-state index in [0.29, 0.717) is 0 Å². The lowest BCUT2D eigenvalue weighted by Gasteiger charge is -2.13. The third kappa shape index (κ3) is 2.00. The Labute approximate surface area is 94.9 Å². The maximum atomic E-state index is 10.6. The first-order valence-corrected chi connectivity index (χ1v) is 4.81. The molecule has 2 rings (SSSR count). The summed E-state index contributed by atoms with van der Waals surface area (Å²) < 4.78 is 6.12. The second-order valence-corrected chi connectivity index (χ2v) is 3.58. The molecular formula is C8H11N3O6. The van der Waals surface area contributed by atoms with E-state index < -0.39 is 42.9 Å². The van der Waals surface area contributed by atoms with Crippen LogP contribution in [0.15, 0.2) is 6.33 Å². The van der Waals surface area contributed by atoms with Crippen LogP contribution in [0, 0.1) is 0 Å². The van der Waals surface area contributed by atoms with Crippen LogP contribution in [0.5, 0.6) is 0 Å². The molecule has 94 valence electrons. The van der Waals surface area contributed by atoms with Gasteiger partial charge in [0.15, 0.2) is 6.23 Å². The van der Waals surface area contributed by atoms with Crippen molar-refractivity contribution in [2.45, 2.75) is 24.5 Å². The Morgan fingerprint density at radius 2 is 2.18 bits per heavy atom. The highest BCUT2D eigenvalue weighted by Gasteiger charge is 2.44. The monoisotopic (exact) mass is 245 g/mol. The summed E-state index contributed by atoms with van der Waals surface area (Å²) in [7, 11) is 0. The van der Waals surface area contributed by atoms with Gasteiger partial charge >= 0.3 is 5.97 Å². The van der Waals surface area contributed by atoms with E-state index in [2.05, 4.69) is 10.1 Å². The molecule has 9 heteroatoms. The molecule has 17 heavy (non-hydrogen) atoms. The Morgan fingerprint density at radius 3 is 2.65 bits per heavy atom. The van der Waals surface area contributed by atoms with Gasteiger partial charge in [-0.2, -0.15) is 0 Å². The summed E-state index contributed by atoms with van der Waals surface area (Å²) in [5.41, 5.74) is 0. The lowest BCUT2D eigenvalue weighted by atomic mass is 10.1. The Morgan fingerprint density at radius 1 is 1.47 bits per heavy atom. The minimum atomic E-state index is -1.31. The highest BCUT2D eigenvalue weighted by molar-refractivity contribution is 5.82. The topological polar surface area (TPSA) is 138 Å². The number of aromatic nitrogens is 3. The second-order valence-electron chi connectivity index (χ2n) is 3.58. The number of ether oxygens (including phenoxy) is 1. The number of aliphatic hydroxyl groups excluding tert-OH is 3. The van der Waals surface area contributed by atoms with Crippen molar-refractivity contribution in [2.24, 2.45) is 0 Å². The fourth-order valence-corrected chi connectivity index (χ4v) is 1.59. The number of aliphatic hydroxyl groups is 3. The van der Waals surface area contributed by atoms with E-state index in [-0.39, 0.29) is 0 Å². The molecule has 0 bridgehead atoms. The van der Waals surface area contributed by atoms with E-state index in [1.54, 1.807) is 0 Å². The molecule has 0 aromatic carbocycles. The highest BCUT2D eigenvalue weighted by Crippen LogP contribution is 2.28. The Balaban J connectivity index is 2.19. The Bertz CT molecular complexity index is 421. The number of nitrogens with zero attached hydrogens (tertiary/aromatic N) is 3. The molecule has 1 saturated heterocycles. The van der Waals surface area contributed by atoms with Crippen molar-refractivity contribution >= 4 is 5.97 Å². The van der Waals surface area contributed by atoms with Crippen molar-refractivity contribution in [3.05, 3.63) is 12.2 Å². The fraction of sp³-hybridized carbons (Fsp3) is 0.625. The molecule has 1 aliphatic rings. The standard InChI is InChI=1S/C8H11N3O6/c12-1-3-4(13)5(14)7(17-3)11-2-9-6(10-11)8(15)16/h2-5,7,12-14H,1H2,(H,15,16)/t3-,4-,5-,7-/m1/s1. The summed E-state index contributed by atoms with van der Waals surface area (Å²) in [4.78, 5) is 14.1. The highest BCUT2D eigenvalue weighted by atomic mass is 16.6. The summed E-state index contributed by atoms with van der Waals surface area (Å²) in [6.07, 6.45) is -3.50. The number of rotatable bonds is 3. The number of carbonyl (C=O) groups is 1. The van der Waals surface area contributed by atoms with Crippen molar-refractivity contribution in [3.63, 3.8) is 0 Å². The van der Waals surface area contributed by atoms with Crippen LogP contribution in [0.4, 0.5) is 0 Å². The van der Waals surface area contributed by atoms with Gasteiger partial charge in [-0.05, 0) is 0 Å². The zero-order valence-corrected chi connectivity index (χ0v) is 8.54. The lowest BCUT2D eigenvalue weighted by Crippen LogP contribution is -2.33. The summed E-state index contributed by atoms with van der Waals surface area (Å²) in [6.45, 7) is -0.463. The molecule has 1 aliphatic heterocycles. The molecule has 4 N–H and O–H groups in total. The molecule has 0 aliphatic carbocycles. The number of aromatic carboxylic acids is 1. The second kappa shape index (κ2) is 4.37. The smallest absolute Gasteiger partial charge is 0.375 e. The van der Waals surface area contributed by atoms with Crippen molar-refractivity contribution in [3.8, 4) is 0 Å². The van der Waals surface area contributed by atoms with Gasteiger partial charge < -0.3 is 25.2 Å². The zero-order valence-electron chi connectivity index (χ0n) is 8.54. The largest absolute Gasteiger partial charge is 0.475 e.